The van der Waals surface area contributed by atoms with Gasteiger partial charge < -0.3 is 5.11 Å². The molecule has 0 aromatic heterocycles. The summed E-state index contributed by atoms with van der Waals surface area (Å²) < 4.78 is 50.1. The predicted octanol–water partition coefficient (Wildman–Crippen LogP) is 1.85. The van der Waals surface area contributed by atoms with Crippen LogP contribution in [-0.4, -0.2) is 24.7 Å². The van der Waals surface area contributed by atoms with Gasteiger partial charge in [0.15, 0.2) is 9.84 Å². The fraction of sp³-hybridized carbons (Fsp3) is 0.364. The van der Waals surface area contributed by atoms with Crippen molar-refractivity contribution in [2.75, 3.05) is 0 Å². The lowest BCUT2D eigenvalue weighted by Crippen LogP contribution is -2.31. The number of aliphatic carboxylic acids is 1. The van der Waals surface area contributed by atoms with Crippen molar-refractivity contribution >= 4 is 15.8 Å². The Morgan fingerprint density at radius 2 is 1.83 bits per heavy atom. The Labute approximate surface area is 103 Å². The fourth-order valence-corrected chi connectivity index (χ4v) is 3.02. The van der Waals surface area contributed by atoms with E-state index in [1.165, 1.54) is 13.8 Å². The third kappa shape index (κ3) is 2.66. The Balaban J connectivity index is 3.25. The Bertz CT molecular complexity index is 568. The molecule has 18 heavy (non-hydrogen) atoms. The normalized spacial score (nSPS) is 15.1. The first-order valence-electron chi connectivity index (χ1n) is 5.09. The smallest absolute Gasteiger partial charge is 0.307 e. The SMILES string of the molecule is CC(C(=O)O)C(C)S(=O)(=O)c1ccc(F)cc1F. The Morgan fingerprint density at radius 1 is 1.28 bits per heavy atom. The summed E-state index contributed by atoms with van der Waals surface area (Å²) in [4.78, 5) is 10.0. The van der Waals surface area contributed by atoms with Gasteiger partial charge in [0.2, 0.25) is 0 Å². The van der Waals surface area contributed by atoms with Gasteiger partial charge in [-0.25, -0.2) is 17.2 Å². The summed E-state index contributed by atoms with van der Waals surface area (Å²) in [5.41, 5.74) is 0. The molecule has 0 heterocycles. The molecular formula is C11H12F2O4S. The molecule has 100 valence electrons. The van der Waals surface area contributed by atoms with Gasteiger partial charge in [0.1, 0.15) is 16.5 Å². The summed E-state index contributed by atoms with van der Waals surface area (Å²) >= 11 is 0. The summed E-state index contributed by atoms with van der Waals surface area (Å²) in [6.07, 6.45) is 0. The Hall–Kier alpha value is -1.50. The van der Waals surface area contributed by atoms with Gasteiger partial charge in [-0.1, -0.05) is 6.92 Å². The van der Waals surface area contributed by atoms with E-state index in [0.29, 0.717) is 6.07 Å². The number of halogens is 2. The fourth-order valence-electron chi connectivity index (χ4n) is 1.38. The van der Waals surface area contributed by atoms with Crippen LogP contribution in [0.15, 0.2) is 23.1 Å². The summed E-state index contributed by atoms with van der Waals surface area (Å²) in [6.45, 7) is 2.39. The van der Waals surface area contributed by atoms with Crippen molar-refractivity contribution in [1.82, 2.24) is 0 Å². The molecule has 1 N–H and O–H groups in total. The van der Waals surface area contributed by atoms with Crippen LogP contribution >= 0.6 is 0 Å². The van der Waals surface area contributed by atoms with Crippen molar-refractivity contribution in [1.29, 1.82) is 0 Å². The standard InChI is InChI=1S/C11H12F2O4S/c1-6(11(14)15)7(2)18(16,17)10-4-3-8(12)5-9(10)13/h3-7H,1-2H3,(H,14,15). The first kappa shape index (κ1) is 14.6. The molecule has 0 fully saturated rings. The first-order valence-corrected chi connectivity index (χ1v) is 6.64. The van der Waals surface area contributed by atoms with Gasteiger partial charge in [0.25, 0.3) is 0 Å². The van der Waals surface area contributed by atoms with Gasteiger partial charge >= 0.3 is 5.97 Å². The van der Waals surface area contributed by atoms with E-state index in [1.54, 1.807) is 0 Å². The van der Waals surface area contributed by atoms with E-state index < -0.39 is 43.5 Å². The number of hydrogen-bond donors (Lipinski definition) is 1. The summed E-state index contributed by atoms with van der Waals surface area (Å²) in [5.74, 6) is -4.61. The van der Waals surface area contributed by atoms with E-state index >= 15 is 0 Å². The third-order valence-electron chi connectivity index (χ3n) is 2.78. The second kappa shape index (κ2) is 5.01. The number of sulfone groups is 1. The Kier molecular flexibility index (Phi) is 4.05. The highest BCUT2D eigenvalue weighted by Crippen LogP contribution is 2.24. The third-order valence-corrected chi connectivity index (χ3v) is 5.11. The number of rotatable bonds is 4. The topological polar surface area (TPSA) is 71.4 Å². The molecule has 0 aliphatic rings. The molecule has 0 saturated heterocycles. The van der Waals surface area contributed by atoms with Crippen molar-refractivity contribution in [2.24, 2.45) is 5.92 Å². The minimum Gasteiger partial charge on any atom is -0.481 e. The second-order valence-electron chi connectivity index (χ2n) is 3.95. The van der Waals surface area contributed by atoms with Crippen LogP contribution in [0.3, 0.4) is 0 Å². The zero-order valence-electron chi connectivity index (χ0n) is 9.72. The summed E-state index contributed by atoms with van der Waals surface area (Å²) in [7, 11) is -4.15. The van der Waals surface area contributed by atoms with Crippen molar-refractivity contribution in [3.63, 3.8) is 0 Å². The zero-order chi connectivity index (χ0) is 14.1. The van der Waals surface area contributed by atoms with Crippen LogP contribution in [0, 0.1) is 17.6 Å². The van der Waals surface area contributed by atoms with E-state index in [4.69, 9.17) is 5.11 Å². The molecule has 1 aromatic carbocycles. The maximum absolute atomic E-state index is 13.4. The molecule has 0 amide bonds. The molecular weight excluding hydrogens is 266 g/mol. The van der Waals surface area contributed by atoms with E-state index in [-0.39, 0.29) is 0 Å². The molecule has 0 saturated carbocycles. The molecule has 2 unspecified atom stereocenters. The molecule has 0 radical (unpaired) electrons. The van der Waals surface area contributed by atoms with Gasteiger partial charge in [-0.05, 0) is 19.1 Å². The number of carboxylic acid groups (broad SMARTS) is 1. The molecule has 1 aromatic rings. The maximum atomic E-state index is 13.4. The van der Waals surface area contributed by atoms with Gasteiger partial charge in [-0.3, -0.25) is 4.79 Å². The molecule has 0 spiro atoms. The van der Waals surface area contributed by atoms with E-state index in [2.05, 4.69) is 0 Å². The lowest BCUT2D eigenvalue weighted by atomic mass is 10.1. The molecule has 2 atom stereocenters. The molecule has 1 rings (SSSR count). The van der Waals surface area contributed by atoms with Crippen LogP contribution in [0.5, 0.6) is 0 Å². The molecule has 0 bridgehead atoms. The zero-order valence-corrected chi connectivity index (χ0v) is 10.5. The van der Waals surface area contributed by atoms with Gasteiger partial charge in [0.05, 0.1) is 11.2 Å². The van der Waals surface area contributed by atoms with Crippen LogP contribution in [-0.2, 0) is 14.6 Å². The lowest BCUT2D eigenvalue weighted by molar-refractivity contribution is -0.141. The molecule has 0 aliphatic carbocycles. The molecule has 7 heteroatoms. The number of carboxylic acids is 1. The average Bonchev–Trinajstić information content (AvgIpc) is 2.26. The highest BCUT2D eigenvalue weighted by atomic mass is 32.2. The average molecular weight is 278 g/mol. The van der Waals surface area contributed by atoms with Gasteiger partial charge in [-0.2, -0.15) is 0 Å². The number of hydrogen-bond acceptors (Lipinski definition) is 3. The van der Waals surface area contributed by atoms with Crippen LogP contribution in [0.25, 0.3) is 0 Å². The monoisotopic (exact) mass is 278 g/mol. The summed E-state index contributed by atoms with van der Waals surface area (Å²) in [6, 6.07) is 2.06. The highest BCUT2D eigenvalue weighted by Gasteiger charge is 2.34. The van der Waals surface area contributed by atoms with Crippen LogP contribution in [0.4, 0.5) is 8.78 Å². The molecule has 4 nitrogen and oxygen atoms in total. The van der Waals surface area contributed by atoms with Crippen molar-refractivity contribution < 1.29 is 27.1 Å². The van der Waals surface area contributed by atoms with E-state index in [1.807, 2.05) is 0 Å². The predicted molar refractivity (Wildman–Crippen MR) is 59.8 cm³/mol. The lowest BCUT2D eigenvalue weighted by Gasteiger charge is -2.17. The number of benzene rings is 1. The number of carbonyl (C=O) groups is 1. The van der Waals surface area contributed by atoms with Gasteiger partial charge in [-0.15, -0.1) is 0 Å². The van der Waals surface area contributed by atoms with E-state index in [9.17, 15) is 22.0 Å². The van der Waals surface area contributed by atoms with Crippen LogP contribution in [0.2, 0.25) is 0 Å². The Morgan fingerprint density at radius 3 is 2.28 bits per heavy atom. The van der Waals surface area contributed by atoms with Crippen molar-refractivity contribution in [2.45, 2.75) is 24.0 Å². The molecule has 0 aliphatic heterocycles. The second-order valence-corrected chi connectivity index (χ2v) is 6.23. The van der Waals surface area contributed by atoms with Gasteiger partial charge in [0, 0.05) is 6.07 Å². The largest absolute Gasteiger partial charge is 0.481 e. The highest BCUT2D eigenvalue weighted by molar-refractivity contribution is 7.92. The minimum absolute atomic E-state index is 0.449. The van der Waals surface area contributed by atoms with Crippen molar-refractivity contribution in [3.05, 3.63) is 29.8 Å². The quantitative estimate of drug-likeness (QED) is 0.853. The van der Waals surface area contributed by atoms with Crippen LogP contribution in [0.1, 0.15) is 13.8 Å². The maximum Gasteiger partial charge on any atom is 0.307 e. The minimum atomic E-state index is -4.15. The van der Waals surface area contributed by atoms with Crippen LogP contribution < -0.4 is 0 Å². The first-order chi connectivity index (χ1) is 8.17. The van der Waals surface area contributed by atoms with E-state index in [0.717, 1.165) is 12.1 Å². The van der Waals surface area contributed by atoms with Crippen molar-refractivity contribution in [3.8, 4) is 0 Å². The summed E-state index contributed by atoms with van der Waals surface area (Å²) in [5, 5.41) is 7.45.